The van der Waals surface area contributed by atoms with Crippen molar-refractivity contribution >= 4 is 15.6 Å². The first-order valence-electron chi connectivity index (χ1n) is 6.00. The zero-order chi connectivity index (χ0) is 15.8. The minimum Gasteiger partial charge on any atom is -0.504 e. The van der Waals surface area contributed by atoms with E-state index in [4.69, 9.17) is 9.84 Å². The van der Waals surface area contributed by atoms with Gasteiger partial charge in [0.05, 0.1) is 11.5 Å². The number of benzene rings is 1. The first kappa shape index (κ1) is 15.6. The Balaban J connectivity index is 2.54. The fourth-order valence-electron chi connectivity index (χ4n) is 1.86. The summed E-state index contributed by atoms with van der Waals surface area (Å²) in [7, 11) is -4.63. The van der Waals surface area contributed by atoms with Crippen molar-refractivity contribution in [2.24, 2.45) is 0 Å². The predicted molar refractivity (Wildman–Crippen MR) is 71.0 cm³/mol. The Labute approximate surface area is 121 Å². The van der Waals surface area contributed by atoms with Gasteiger partial charge in [0.1, 0.15) is 6.10 Å². The summed E-state index contributed by atoms with van der Waals surface area (Å²) in [5, 5.41) is 25.4. The number of ketones is 1. The minimum atomic E-state index is -4.63. The maximum Gasteiger partial charge on any atom is 0.345 e. The van der Waals surface area contributed by atoms with Crippen molar-refractivity contribution in [3.63, 3.8) is 0 Å². The zero-order valence-electron chi connectivity index (χ0n) is 11.1. The summed E-state index contributed by atoms with van der Waals surface area (Å²) in [6.07, 6.45) is -0.477. The molecule has 0 aliphatic carbocycles. The van der Waals surface area contributed by atoms with Gasteiger partial charge in [0.25, 0.3) is 5.78 Å². The lowest BCUT2D eigenvalue weighted by Gasteiger charge is -2.32. The Hall–Kier alpha value is -1.74. The average Bonchev–Trinajstić information content (AvgIpc) is 2.44. The molecule has 2 rings (SSSR count). The van der Waals surface area contributed by atoms with Gasteiger partial charge in [0.15, 0.2) is 5.76 Å². The molecule has 0 radical (unpaired) electrons. The molecular weight excluding hydrogens is 300 g/mol. The molecule has 0 spiro atoms. The quantitative estimate of drug-likeness (QED) is 0.707. The van der Waals surface area contributed by atoms with Crippen LogP contribution in [0.25, 0.3) is 0 Å². The molecule has 1 heterocycles. The molecule has 1 aromatic carbocycles. The molecule has 2 atom stereocenters. The monoisotopic (exact) mass is 314 g/mol. The summed E-state index contributed by atoms with van der Waals surface area (Å²) >= 11 is 0. The standard InChI is InChI=1S/C13H14O7S/c1-8-2-4-10(5-3-8)21(18,19)13(17)12(16)11(15)6-9(7-14)20-13/h2-6,9,14-15,17H,7H2,1H3/t9-,13-/m0/s1. The van der Waals surface area contributed by atoms with Gasteiger partial charge < -0.3 is 20.1 Å². The van der Waals surface area contributed by atoms with Crippen molar-refractivity contribution in [3.8, 4) is 0 Å². The molecule has 1 aliphatic rings. The van der Waals surface area contributed by atoms with Gasteiger partial charge in [-0.15, -0.1) is 0 Å². The number of carbonyl (C=O) groups excluding carboxylic acids is 1. The maximum atomic E-state index is 12.4. The second kappa shape index (κ2) is 5.23. The first-order valence-corrected chi connectivity index (χ1v) is 7.48. The molecule has 7 nitrogen and oxygen atoms in total. The number of rotatable bonds is 3. The summed E-state index contributed by atoms with van der Waals surface area (Å²) < 4.78 is 29.6. The minimum absolute atomic E-state index is 0.338. The maximum absolute atomic E-state index is 12.4. The fraction of sp³-hybridized carbons (Fsp3) is 0.308. The van der Waals surface area contributed by atoms with Gasteiger partial charge >= 0.3 is 5.12 Å². The van der Waals surface area contributed by atoms with Crippen LogP contribution in [0.2, 0.25) is 0 Å². The summed E-state index contributed by atoms with van der Waals surface area (Å²) in [6, 6.07) is 5.40. The molecule has 3 N–H and O–H groups in total. The summed E-state index contributed by atoms with van der Waals surface area (Å²) in [5.41, 5.74) is 0.785. The Bertz CT molecular complexity index is 690. The third kappa shape index (κ3) is 2.46. The second-order valence-corrected chi connectivity index (χ2v) is 6.65. The van der Waals surface area contributed by atoms with E-state index >= 15 is 0 Å². The molecule has 8 heteroatoms. The van der Waals surface area contributed by atoms with Gasteiger partial charge in [0, 0.05) is 0 Å². The van der Waals surface area contributed by atoms with Crippen LogP contribution in [0.5, 0.6) is 0 Å². The molecule has 0 saturated heterocycles. The van der Waals surface area contributed by atoms with Gasteiger partial charge in [0.2, 0.25) is 9.84 Å². The summed E-state index contributed by atoms with van der Waals surface area (Å²) in [5.74, 6) is -2.47. The summed E-state index contributed by atoms with van der Waals surface area (Å²) in [6.45, 7) is 1.03. The number of sulfone groups is 1. The molecule has 1 aromatic rings. The zero-order valence-corrected chi connectivity index (χ0v) is 11.9. The Morgan fingerprint density at radius 2 is 1.86 bits per heavy atom. The van der Waals surface area contributed by atoms with Crippen molar-refractivity contribution in [3.05, 3.63) is 41.7 Å². The third-order valence-corrected chi connectivity index (χ3v) is 4.95. The molecule has 0 amide bonds. The highest BCUT2D eigenvalue weighted by Crippen LogP contribution is 2.32. The number of aryl methyl sites for hydroxylation is 1. The van der Waals surface area contributed by atoms with Gasteiger partial charge in [-0.3, -0.25) is 4.79 Å². The van der Waals surface area contributed by atoms with Crippen molar-refractivity contribution in [1.29, 1.82) is 0 Å². The first-order chi connectivity index (χ1) is 9.72. The predicted octanol–water partition coefficient (Wildman–Crippen LogP) is -0.183. The number of hydrogen-bond acceptors (Lipinski definition) is 7. The highest BCUT2D eigenvalue weighted by molar-refractivity contribution is 7.93. The van der Waals surface area contributed by atoms with Crippen LogP contribution < -0.4 is 0 Å². The van der Waals surface area contributed by atoms with Crippen LogP contribution in [-0.4, -0.2) is 47.4 Å². The van der Waals surface area contributed by atoms with Crippen LogP contribution >= 0.6 is 0 Å². The normalized spacial score (nSPS) is 26.5. The van der Waals surface area contributed by atoms with E-state index in [1.165, 1.54) is 24.3 Å². The van der Waals surface area contributed by atoms with E-state index < -0.39 is 39.2 Å². The largest absolute Gasteiger partial charge is 0.504 e. The molecule has 0 unspecified atom stereocenters. The molecule has 0 fully saturated rings. The van der Waals surface area contributed by atoms with Crippen LogP contribution in [0.4, 0.5) is 0 Å². The fourth-order valence-corrected chi connectivity index (χ4v) is 3.27. The molecule has 0 bridgehead atoms. The van der Waals surface area contributed by atoms with Crippen LogP contribution in [0, 0.1) is 6.92 Å². The molecule has 21 heavy (non-hydrogen) atoms. The van der Waals surface area contributed by atoms with Gasteiger partial charge in [-0.05, 0) is 25.1 Å². The van der Waals surface area contributed by atoms with Gasteiger partial charge in [-0.2, -0.15) is 0 Å². The number of hydrogen-bond donors (Lipinski definition) is 3. The number of Topliss-reactive ketones (excluding diaryl/α,β-unsaturated/α-hetero) is 1. The second-order valence-electron chi connectivity index (χ2n) is 4.62. The van der Waals surface area contributed by atoms with E-state index in [2.05, 4.69) is 0 Å². The number of ether oxygens (including phenoxy) is 1. The SMILES string of the molecule is Cc1ccc(S(=O)(=O)[C@@]2(O)O[C@H](CO)C=C(O)C2=O)cc1. The van der Waals surface area contributed by atoms with E-state index in [1.807, 2.05) is 0 Å². The lowest BCUT2D eigenvalue weighted by molar-refractivity contribution is -0.186. The Morgan fingerprint density at radius 3 is 2.38 bits per heavy atom. The third-order valence-electron chi connectivity index (χ3n) is 3.05. The summed E-state index contributed by atoms with van der Waals surface area (Å²) in [4.78, 5) is 11.5. The van der Waals surface area contributed by atoms with Crippen molar-refractivity contribution in [1.82, 2.24) is 0 Å². The van der Waals surface area contributed by atoms with Crippen molar-refractivity contribution < 1.29 is 33.3 Å². The molecule has 1 aliphatic heterocycles. The van der Waals surface area contributed by atoms with Gasteiger partial charge in [-0.25, -0.2) is 8.42 Å². The number of aliphatic hydroxyl groups excluding tert-OH is 2. The van der Waals surface area contributed by atoms with Crippen LogP contribution in [0.1, 0.15) is 5.56 Å². The average molecular weight is 314 g/mol. The van der Waals surface area contributed by atoms with E-state index in [1.54, 1.807) is 6.92 Å². The number of carbonyl (C=O) groups is 1. The topological polar surface area (TPSA) is 121 Å². The van der Waals surface area contributed by atoms with Crippen LogP contribution in [0.15, 0.2) is 41.0 Å². The van der Waals surface area contributed by atoms with Crippen LogP contribution in [-0.2, 0) is 19.4 Å². The van der Waals surface area contributed by atoms with E-state index in [0.717, 1.165) is 11.6 Å². The Kier molecular flexibility index (Phi) is 3.89. The van der Waals surface area contributed by atoms with Crippen molar-refractivity contribution in [2.45, 2.75) is 23.0 Å². The van der Waals surface area contributed by atoms with Gasteiger partial charge in [-0.1, -0.05) is 17.7 Å². The van der Waals surface area contributed by atoms with E-state index in [0.29, 0.717) is 0 Å². The molecule has 0 aromatic heterocycles. The van der Waals surface area contributed by atoms with Crippen molar-refractivity contribution in [2.75, 3.05) is 6.61 Å². The highest BCUT2D eigenvalue weighted by atomic mass is 32.2. The van der Waals surface area contributed by atoms with Crippen LogP contribution in [0.3, 0.4) is 0 Å². The van der Waals surface area contributed by atoms with E-state index in [-0.39, 0.29) is 4.90 Å². The molecule has 114 valence electrons. The van der Waals surface area contributed by atoms with E-state index in [9.17, 15) is 23.4 Å². The highest BCUT2D eigenvalue weighted by Gasteiger charge is 2.56. The molecular formula is C13H14O7S. The molecule has 0 saturated carbocycles. The lowest BCUT2D eigenvalue weighted by Crippen LogP contribution is -2.54. The Morgan fingerprint density at radius 1 is 1.29 bits per heavy atom. The number of aliphatic hydroxyl groups is 3. The smallest absolute Gasteiger partial charge is 0.345 e. The lowest BCUT2D eigenvalue weighted by atomic mass is 10.2.